The standard InChI is InChI=1S/C43H74NO8P/c1-5-7-9-11-13-15-17-18-19-20-21-22-23-24-26-28-30-32-34-36-43(46)52-41(40-51-53(47,48)50-38-37-44(3)4)39-49-42(45)35-33-31-29-27-25-16-14-12-10-8-6-2/h12-15,18-19,21-22,24,26,30,32,41H,5-11,16-17,20,23,25,27-29,31,33-40H2,1-4H3,(H,47,48)/b14-12-,15-13-,19-18-,22-21-,26-24-,32-30-. The fourth-order valence-corrected chi connectivity index (χ4v) is 5.57. The van der Waals surface area contributed by atoms with E-state index >= 15 is 0 Å². The number of unbranched alkanes of at least 4 members (excludes halogenated alkanes) is 10. The summed E-state index contributed by atoms with van der Waals surface area (Å²) < 4.78 is 33.3. The highest BCUT2D eigenvalue weighted by Crippen LogP contribution is 2.43. The van der Waals surface area contributed by atoms with Gasteiger partial charge in [0.2, 0.25) is 0 Å². The van der Waals surface area contributed by atoms with Crippen LogP contribution < -0.4 is 0 Å². The highest BCUT2D eigenvalue weighted by molar-refractivity contribution is 7.47. The molecule has 0 rings (SSSR count). The Labute approximate surface area is 323 Å². The van der Waals surface area contributed by atoms with E-state index in [1.807, 2.05) is 26.2 Å². The van der Waals surface area contributed by atoms with E-state index in [0.29, 0.717) is 19.4 Å². The average molecular weight is 764 g/mol. The highest BCUT2D eigenvalue weighted by atomic mass is 31.2. The maximum absolute atomic E-state index is 12.6. The topological polar surface area (TPSA) is 112 Å². The smallest absolute Gasteiger partial charge is 0.462 e. The molecule has 9 nitrogen and oxygen atoms in total. The molecule has 304 valence electrons. The summed E-state index contributed by atoms with van der Waals surface area (Å²) in [4.78, 5) is 36.8. The minimum Gasteiger partial charge on any atom is -0.462 e. The van der Waals surface area contributed by atoms with Gasteiger partial charge in [0.15, 0.2) is 6.10 Å². The SMILES string of the molecule is CCCC/C=C\CCCCCCCC(=O)OCC(COP(=O)(O)OCCN(C)C)OC(=O)CC/C=C\C/C=C\C/C=C\C/C=C\C/C=C\CCCCC. The van der Waals surface area contributed by atoms with Crippen molar-refractivity contribution in [2.45, 2.75) is 148 Å². The molecule has 0 heterocycles. The van der Waals surface area contributed by atoms with Crippen LogP contribution in [-0.4, -0.2) is 68.3 Å². The van der Waals surface area contributed by atoms with E-state index in [1.165, 1.54) is 38.5 Å². The number of esters is 2. The molecule has 0 aliphatic rings. The largest absolute Gasteiger partial charge is 0.472 e. The molecule has 2 atom stereocenters. The number of allylic oxidation sites excluding steroid dienone is 12. The molecule has 1 N–H and O–H groups in total. The number of carbonyl (C=O) groups excluding carboxylic acids is 2. The number of nitrogens with zero attached hydrogens (tertiary/aromatic N) is 1. The average Bonchev–Trinajstić information content (AvgIpc) is 3.12. The Morgan fingerprint density at radius 1 is 0.585 bits per heavy atom. The van der Waals surface area contributed by atoms with Gasteiger partial charge in [0.25, 0.3) is 0 Å². The second-order valence-corrected chi connectivity index (χ2v) is 14.9. The molecule has 0 saturated carbocycles. The van der Waals surface area contributed by atoms with Crippen molar-refractivity contribution < 1.29 is 37.6 Å². The summed E-state index contributed by atoms with van der Waals surface area (Å²) >= 11 is 0. The summed E-state index contributed by atoms with van der Waals surface area (Å²) in [6.07, 6.45) is 43.9. The maximum Gasteiger partial charge on any atom is 0.472 e. The van der Waals surface area contributed by atoms with E-state index < -0.39 is 32.5 Å². The van der Waals surface area contributed by atoms with Gasteiger partial charge in [0.05, 0.1) is 13.2 Å². The quantitative estimate of drug-likeness (QED) is 0.0288. The zero-order valence-corrected chi connectivity index (χ0v) is 34.6. The number of ether oxygens (including phenoxy) is 2. The van der Waals surface area contributed by atoms with Crippen LogP contribution in [0.4, 0.5) is 0 Å². The summed E-state index contributed by atoms with van der Waals surface area (Å²) in [7, 11) is -0.759. The number of phosphoric acid groups is 1. The molecule has 0 aliphatic carbocycles. The van der Waals surface area contributed by atoms with Gasteiger partial charge in [-0.1, -0.05) is 132 Å². The van der Waals surface area contributed by atoms with Gasteiger partial charge in [-0.15, -0.1) is 0 Å². The number of likely N-dealkylation sites (N-methyl/N-ethyl adjacent to an activating group) is 1. The van der Waals surface area contributed by atoms with Crippen molar-refractivity contribution >= 4 is 19.8 Å². The summed E-state index contributed by atoms with van der Waals surface area (Å²) in [6, 6.07) is 0. The Hall–Kier alpha value is -2.55. The molecule has 0 spiro atoms. The lowest BCUT2D eigenvalue weighted by Gasteiger charge is -2.20. The third kappa shape index (κ3) is 39.0. The summed E-state index contributed by atoms with van der Waals surface area (Å²) in [5, 5.41) is 0. The van der Waals surface area contributed by atoms with Crippen LogP contribution in [0.5, 0.6) is 0 Å². The Balaban J connectivity index is 4.49. The van der Waals surface area contributed by atoms with E-state index in [2.05, 4.69) is 74.6 Å². The summed E-state index contributed by atoms with van der Waals surface area (Å²) in [5.74, 6) is -0.919. The molecule has 0 saturated heterocycles. The molecule has 0 amide bonds. The molecule has 0 aromatic rings. The van der Waals surface area contributed by atoms with Gasteiger partial charge in [-0.25, -0.2) is 4.57 Å². The number of hydrogen-bond acceptors (Lipinski definition) is 8. The Kier molecular flexibility index (Phi) is 35.9. The van der Waals surface area contributed by atoms with Crippen molar-refractivity contribution in [3.63, 3.8) is 0 Å². The monoisotopic (exact) mass is 764 g/mol. The molecule has 0 bridgehead atoms. The van der Waals surface area contributed by atoms with Crippen LogP contribution in [-0.2, 0) is 32.7 Å². The predicted octanol–water partition coefficient (Wildman–Crippen LogP) is 11.3. The first-order valence-corrected chi connectivity index (χ1v) is 21.7. The Morgan fingerprint density at radius 3 is 1.66 bits per heavy atom. The molecule has 0 aliphatic heterocycles. The van der Waals surface area contributed by atoms with Crippen molar-refractivity contribution in [3.05, 3.63) is 72.9 Å². The van der Waals surface area contributed by atoms with Gasteiger partial charge in [-0.05, 0) is 84.7 Å². The lowest BCUT2D eigenvalue weighted by atomic mass is 10.1. The third-order valence-electron chi connectivity index (χ3n) is 8.00. The molecule has 0 fully saturated rings. The molecule has 53 heavy (non-hydrogen) atoms. The predicted molar refractivity (Wildman–Crippen MR) is 220 cm³/mol. The summed E-state index contributed by atoms with van der Waals surface area (Å²) in [5.41, 5.74) is 0. The van der Waals surface area contributed by atoms with E-state index in [1.54, 1.807) is 4.90 Å². The third-order valence-corrected chi connectivity index (χ3v) is 8.98. The first kappa shape index (κ1) is 50.5. The maximum atomic E-state index is 12.6. The van der Waals surface area contributed by atoms with Gasteiger partial charge in [-0.2, -0.15) is 0 Å². The lowest BCUT2D eigenvalue weighted by Crippen LogP contribution is -2.29. The van der Waals surface area contributed by atoms with Crippen LogP contribution in [0, 0.1) is 0 Å². The Morgan fingerprint density at radius 2 is 1.08 bits per heavy atom. The van der Waals surface area contributed by atoms with Crippen LogP contribution in [0.1, 0.15) is 142 Å². The normalized spacial score (nSPS) is 14.2. The van der Waals surface area contributed by atoms with Gasteiger partial charge in [0, 0.05) is 19.4 Å². The van der Waals surface area contributed by atoms with E-state index in [0.717, 1.165) is 64.2 Å². The number of phosphoric ester groups is 1. The lowest BCUT2D eigenvalue weighted by molar-refractivity contribution is -0.161. The second-order valence-electron chi connectivity index (χ2n) is 13.5. The van der Waals surface area contributed by atoms with Crippen molar-refractivity contribution in [1.29, 1.82) is 0 Å². The van der Waals surface area contributed by atoms with Crippen LogP contribution in [0.15, 0.2) is 72.9 Å². The molecular formula is C43H74NO8P. The first-order chi connectivity index (χ1) is 25.7. The van der Waals surface area contributed by atoms with E-state index in [-0.39, 0.29) is 26.1 Å². The molecule has 2 unspecified atom stereocenters. The first-order valence-electron chi connectivity index (χ1n) is 20.2. The van der Waals surface area contributed by atoms with Crippen molar-refractivity contribution in [2.75, 3.05) is 40.5 Å². The van der Waals surface area contributed by atoms with Crippen LogP contribution in [0.2, 0.25) is 0 Å². The zero-order valence-electron chi connectivity index (χ0n) is 33.7. The molecular weight excluding hydrogens is 689 g/mol. The Bertz CT molecular complexity index is 1110. The number of carbonyl (C=O) groups is 2. The molecule has 0 aromatic carbocycles. The van der Waals surface area contributed by atoms with Crippen molar-refractivity contribution in [1.82, 2.24) is 4.90 Å². The zero-order chi connectivity index (χ0) is 39.1. The second kappa shape index (κ2) is 37.8. The van der Waals surface area contributed by atoms with Crippen molar-refractivity contribution in [3.8, 4) is 0 Å². The van der Waals surface area contributed by atoms with Gasteiger partial charge in [0.1, 0.15) is 6.61 Å². The van der Waals surface area contributed by atoms with E-state index in [9.17, 15) is 19.0 Å². The molecule has 0 aromatic heterocycles. The summed E-state index contributed by atoms with van der Waals surface area (Å²) in [6.45, 7) is 4.13. The molecule has 10 heteroatoms. The van der Waals surface area contributed by atoms with Crippen LogP contribution >= 0.6 is 7.82 Å². The van der Waals surface area contributed by atoms with Crippen LogP contribution in [0.3, 0.4) is 0 Å². The van der Waals surface area contributed by atoms with Gasteiger partial charge >= 0.3 is 19.8 Å². The van der Waals surface area contributed by atoms with Crippen molar-refractivity contribution in [2.24, 2.45) is 0 Å². The van der Waals surface area contributed by atoms with Gasteiger partial charge in [-0.3, -0.25) is 18.6 Å². The fourth-order valence-electron chi connectivity index (χ4n) is 4.83. The fraction of sp³-hybridized carbons (Fsp3) is 0.674. The number of rotatable bonds is 36. The minimum absolute atomic E-state index is 0.0106. The molecule has 0 radical (unpaired) electrons. The van der Waals surface area contributed by atoms with E-state index in [4.69, 9.17) is 18.5 Å². The van der Waals surface area contributed by atoms with Gasteiger partial charge < -0.3 is 19.3 Å². The minimum atomic E-state index is -4.38. The highest BCUT2D eigenvalue weighted by Gasteiger charge is 2.26. The van der Waals surface area contributed by atoms with Crippen LogP contribution in [0.25, 0.3) is 0 Å². The number of hydrogen-bond donors (Lipinski definition) is 1.